The summed E-state index contributed by atoms with van der Waals surface area (Å²) in [6.07, 6.45) is 8.15. The minimum Gasteiger partial charge on any atom is -0.478 e. The first-order chi connectivity index (χ1) is 9.15. The summed E-state index contributed by atoms with van der Waals surface area (Å²) in [5.74, 6) is -0.456. The fourth-order valence-electron chi connectivity index (χ4n) is 2.20. The van der Waals surface area contributed by atoms with Crippen molar-refractivity contribution in [1.29, 1.82) is 0 Å². The van der Waals surface area contributed by atoms with E-state index in [2.05, 4.69) is 10.3 Å². The molecule has 2 rings (SSSR count). The summed E-state index contributed by atoms with van der Waals surface area (Å²) >= 11 is 0. The van der Waals surface area contributed by atoms with Crippen LogP contribution in [0.4, 0.5) is 5.82 Å². The molecule has 0 bridgehead atoms. The molecular weight excluding hydrogens is 244 g/mol. The number of aliphatic carboxylic acids is 1. The van der Waals surface area contributed by atoms with Crippen LogP contribution in [0.2, 0.25) is 0 Å². The van der Waals surface area contributed by atoms with Gasteiger partial charge in [-0.25, -0.2) is 9.78 Å². The predicted octanol–water partition coefficient (Wildman–Crippen LogP) is 2.31. The Morgan fingerprint density at radius 2 is 2.11 bits per heavy atom. The summed E-state index contributed by atoms with van der Waals surface area (Å²) in [6.45, 7) is 0. The van der Waals surface area contributed by atoms with Crippen LogP contribution in [0.15, 0.2) is 24.4 Å². The molecule has 0 saturated heterocycles. The van der Waals surface area contributed by atoms with E-state index in [1.165, 1.54) is 6.08 Å². The van der Waals surface area contributed by atoms with Crippen LogP contribution in [0.3, 0.4) is 0 Å². The maximum atomic E-state index is 11.9. The number of anilines is 1. The van der Waals surface area contributed by atoms with Crippen molar-refractivity contribution >= 4 is 23.8 Å². The largest absolute Gasteiger partial charge is 0.478 e. The summed E-state index contributed by atoms with van der Waals surface area (Å²) in [7, 11) is 0. The van der Waals surface area contributed by atoms with E-state index in [0.29, 0.717) is 11.4 Å². The van der Waals surface area contributed by atoms with Crippen LogP contribution >= 0.6 is 0 Å². The SMILES string of the molecule is O=C(O)/C=C/c1ccnc(NC(=O)C2CCCC2)c1. The van der Waals surface area contributed by atoms with E-state index in [1.54, 1.807) is 18.3 Å². The standard InChI is InChI=1S/C14H16N2O3/c17-13(18)6-5-10-7-8-15-12(9-10)16-14(19)11-3-1-2-4-11/h5-9,11H,1-4H2,(H,17,18)(H,15,16,19)/b6-5+. The Bertz CT molecular complexity index is 505. The second kappa shape index (κ2) is 6.13. The minimum atomic E-state index is -1.01. The second-order valence-electron chi connectivity index (χ2n) is 4.62. The molecule has 5 nitrogen and oxygen atoms in total. The van der Waals surface area contributed by atoms with E-state index < -0.39 is 5.97 Å². The first-order valence-electron chi connectivity index (χ1n) is 6.33. The van der Waals surface area contributed by atoms with Crippen LogP contribution in [0.5, 0.6) is 0 Å². The summed E-state index contributed by atoms with van der Waals surface area (Å²) in [5.41, 5.74) is 0.694. The number of carboxylic acid groups (broad SMARTS) is 1. The van der Waals surface area contributed by atoms with E-state index >= 15 is 0 Å². The van der Waals surface area contributed by atoms with Gasteiger partial charge in [0.1, 0.15) is 5.82 Å². The molecule has 2 N–H and O–H groups in total. The van der Waals surface area contributed by atoms with Gasteiger partial charge in [-0.3, -0.25) is 4.79 Å². The molecule has 0 radical (unpaired) electrons. The smallest absolute Gasteiger partial charge is 0.328 e. The summed E-state index contributed by atoms with van der Waals surface area (Å²) < 4.78 is 0. The van der Waals surface area contributed by atoms with Gasteiger partial charge in [-0.05, 0) is 36.6 Å². The molecule has 1 aliphatic rings. The van der Waals surface area contributed by atoms with Crippen LogP contribution in [0.1, 0.15) is 31.2 Å². The molecule has 100 valence electrons. The lowest BCUT2D eigenvalue weighted by Gasteiger charge is -2.09. The monoisotopic (exact) mass is 260 g/mol. The maximum absolute atomic E-state index is 11.9. The predicted molar refractivity (Wildman–Crippen MR) is 71.5 cm³/mol. The Morgan fingerprint density at radius 1 is 1.37 bits per heavy atom. The molecular formula is C14H16N2O3. The fourth-order valence-corrected chi connectivity index (χ4v) is 2.20. The van der Waals surface area contributed by atoms with Gasteiger partial charge in [0.05, 0.1) is 0 Å². The molecule has 0 atom stereocenters. The molecule has 0 unspecified atom stereocenters. The van der Waals surface area contributed by atoms with Crippen molar-refractivity contribution in [1.82, 2.24) is 4.98 Å². The number of hydrogen-bond donors (Lipinski definition) is 2. The summed E-state index contributed by atoms with van der Waals surface area (Å²) in [5, 5.41) is 11.3. The summed E-state index contributed by atoms with van der Waals surface area (Å²) in [6, 6.07) is 3.34. The third-order valence-electron chi connectivity index (χ3n) is 3.18. The molecule has 5 heteroatoms. The van der Waals surface area contributed by atoms with Gasteiger partial charge in [0.15, 0.2) is 0 Å². The molecule has 1 fully saturated rings. The number of carbonyl (C=O) groups is 2. The third-order valence-corrected chi connectivity index (χ3v) is 3.18. The quantitative estimate of drug-likeness (QED) is 0.814. The minimum absolute atomic E-state index is 0.00404. The van der Waals surface area contributed by atoms with Crippen LogP contribution < -0.4 is 5.32 Å². The van der Waals surface area contributed by atoms with E-state index in [4.69, 9.17) is 5.11 Å². The van der Waals surface area contributed by atoms with Crippen molar-refractivity contribution in [2.24, 2.45) is 5.92 Å². The van der Waals surface area contributed by atoms with Gasteiger partial charge in [-0.15, -0.1) is 0 Å². The highest BCUT2D eigenvalue weighted by Crippen LogP contribution is 2.25. The van der Waals surface area contributed by atoms with Gasteiger partial charge in [0.2, 0.25) is 5.91 Å². The molecule has 1 aliphatic carbocycles. The van der Waals surface area contributed by atoms with Gasteiger partial charge >= 0.3 is 5.97 Å². The van der Waals surface area contributed by atoms with Crippen molar-refractivity contribution in [3.05, 3.63) is 30.0 Å². The molecule has 1 amide bonds. The first kappa shape index (κ1) is 13.3. The van der Waals surface area contributed by atoms with Crippen molar-refractivity contribution < 1.29 is 14.7 Å². The van der Waals surface area contributed by atoms with E-state index in [-0.39, 0.29) is 11.8 Å². The molecule has 19 heavy (non-hydrogen) atoms. The number of carbonyl (C=O) groups excluding carboxylic acids is 1. The van der Waals surface area contributed by atoms with Gasteiger partial charge in [0.25, 0.3) is 0 Å². The maximum Gasteiger partial charge on any atom is 0.328 e. The molecule has 0 aliphatic heterocycles. The number of pyridine rings is 1. The third kappa shape index (κ3) is 3.91. The number of rotatable bonds is 4. The zero-order valence-electron chi connectivity index (χ0n) is 10.5. The number of aromatic nitrogens is 1. The normalized spacial score (nSPS) is 15.8. The Morgan fingerprint density at radius 3 is 2.79 bits per heavy atom. The fraction of sp³-hybridized carbons (Fsp3) is 0.357. The number of nitrogens with zero attached hydrogens (tertiary/aromatic N) is 1. The number of nitrogens with one attached hydrogen (secondary N) is 1. The van der Waals surface area contributed by atoms with Crippen molar-refractivity contribution in [3.63, 3.8) is 0 Å². The Labute approximate surface area is 111 Å². The Balaban J connectivity index is 2.02. The molecule has 1 heterocycles. The Kier molecular flexibility index (Phi) is 4.28. The van der Waals surface area contributed by atoms with Gasteiger partial charge < -0.3 is 10.4 Å². The van der Waals surface area contributed by atoms with Crippen molar-refractivity contribution in [2.75, 3.05) is 5.32 Å². The lowest BCUT2D eigenvalue weighted by Crippen LogP contribution is -2.20. The van der Waals surface area contributed by atoms with Gasteiger partial charge in [-0.2, -0.15) is 0 Å². The van der Waals surface area contributed by atoms with Crippen LogP contribution in [-0.2, 0) is 9.59 Å². The average molecular weight is 260 g/mol. The highest BCUT2D eigenvalue weighted by molar-refractivity contribution is 5.92. The number of hydrogen-bond acceptors (Lipinski definition) is 3. The van der Waals surface area contributed by atoms with Crippen molar-refractivity contribution in [2.45, 2.75) is 25.7 Å². The highest BCUT2D eigenvalue weighted by Gasteiger charge is 2.22. The lowest BCUT2D eigenvalue weighted by molar-refractivity contribution is -0.131. The van der Waals surface area contributed by atoms with E-state index in [9.17, 15) is 9.59 Å². The topological polar surface area (TPSA) is 79.3 Å². The van der Waals surface area contributed by atoms with Crippen LogP contribution in [-0.4, -0.2) is 22.0 Å². The number of carboxylic acids is 1. The van der Waals surface area contributed by atoms with Gasteiger partial charge in [0, 0.05) is 18.2 Å². The van der Waals surface area contributed by atoms with E-state index in [1.807, 2.05) is 0 Å². The van der Waals surface area contributed by atoms with Crippen LogP contribution in [0, 0.1) is 5.92 Å². The van der Waals surface area contributed by atoms with Crippen LogP contribution in [0.25, 0.3) is 6.08 Å². The number of amides is 1. The molecule has 0 aromatic carbocycles. The second-order valence-corrected chi connectivity index (χ2v) is 4.62. The zero-order chi connectivity index (χ0) is 13.7. The Hall–Kier alpha value is -2.17. The average Bonchev–Trinajstić information content (AvgIpc) is 2.91. The van der Waals surface area contributed by atoms with E-state index in [0.717, 1.165) is 31.8 Å². The molecule has 1 aromatic rings. The molecule has 1 saturated carbocycles. The van der Waals surface area contributed by atoms with Crippen molar-refractivity contribution in [3.8, 4) is 0 Å². The molecule has 0 spiro atoms. The first-order valence-corrected chi connectivity index (χ1v) is 6.33. The lowest BCUT2D eigenvalue weighted by atomic mass is 10.1. The molecule has 1 aromatic heterocycles. The zero-order valence-corrected chi connectivity index (χ0v) is 10.5. The van der Waals surface area contributed by atoms with Gasteiger partial charge in [-0.1, -0.05) is 12.8 Å². The summed E-state index contributed by atoms with van der Waals surface area (Å²) in [4.78, 5) is 26.4. The highest BCUT2D eigenvalue weighted by atomic mass is 16.4.